The highest BCUT2D eigenvalue weighted by molar-refractivity contribution is 5.95. The first kappa shape index (κ1) is 19.8. The Kier molecular flexibility index (Phi) is 7.55. The van der Waals surface area contributed by atoms with Crippen molar-refractivity contribution in [2.45, 2.75) is 19.4 Å². The second-order valence-electron chi connectivity index (χ2n) is 5.31. The second kappa shape index (κ2) is 9.15. The van der Waals surface area contributed by atoms with Crippen LogP contribution in [0.5, 0.6) is 11.5 Å². The van der Waals surface area contributed by atoms with Crippen LogP contribution in [0.4, 0.5) is 5.69 Å². The van der Waals surface area contributed by atoms with Gasteiger partial charge in [-0.2, -0.15) is 0 Å². The summed E-state index contributed by atoms with van der Waals surface area (Å²) in [4.78, 5) is 12.3. The minimum absolute atomic E-state index is 0. The maximum atomic E-state index is 12.3. The predicted molar refractivity (Wildman–Crippen MR) is 98.3 cm³/mol. The number of amides is 1. The summed E-state index contributed by atoms with van der Waals surface area (Å²) in [6.45, 7) is 1.89. The highest BCUT2D eigenvalue weighted by Gasteiger charge is 2.16. The van der Waals surface area contributed by atoms with Gasteiger partial charge in [0, 0.05) is 11.8 Å². The van der Waals surface area contributed by atoms with Crippen molar-refractivity contribution in [1.29, 1.82) is 0 Å². The fraction of sp³-hybridized carbons (Fsp3) is 0.278. The molecule has 0 heterocycles. The van der Waals surface area contributed by atoms with Crippen LogP contribution in [0.3, 0.4) is 0 Å². The largest absolute Gasteiger partial charge is 0.493 e. The third kappa shape index (κ3) is 4.88. The summed E-state index contributed by atoms with van der Waals surface area (Å²) < 4.78 is 10.5. The number of aryl methyl sites for hydroxylation is 1. The molecule has 0 saturated heterocycles. The van der Waals surface area contributed by atoms with Gasteiger partial charge in [-0.15, -0.1) is 12.4 Å². The van der Waals surface area contributed by atoms with E-state index in [1.54, 1.807) is 20.3 Å². The zero-order valence-electron chi connectivity index (χ0n) is 14.0. The van der Waals surface area contributed by atoms with Gasteiger partial charge in [0.15, 0.2) is 11.5 Å². The number of carbonyl (C=O) groups excluding carboxylic acids is 1. The Hall–Kier alpha value is -2.24. The molecule has 0 spiro atoms. The number of halogens is 1. The first-order valence-corrected chi connectivity index (χ1v) is 7.38. The molecule has 130 valence electrons. The number of hydrogen-bond acceptors (Lipinski definition) is 4. The minimum atomic E-state index is -0.620. The van der Waals surface area contributed by atoms with Gasteiger partial charge in [0.05, 0.1) is 20.3 Å². The molecule has 0 bridgehead atoms. The van der Waals surface area contributed by atoms with Crippen LogP contribution < -0.4 is 20.5 Å². The van der Waals surface area contributed by atoms with E-state index in [-0.39, 0.29) is 18.3 Å². The van der Waals surface area contributed by atoms with Gasteiger partial charge in [0.2, 0.25) is 5.91 Å². The van der Waals surface area contributed by atoms with Crippen LogP contribution in [0.15, 0.2) is 42.5 Å². The number of nitrogens with two attached hydrogens (primary N) is 1. The summed E-state index contributed by atoms with van der Waals surface area (Å²) in [5.74, 6) is 0.950. The van der Waals surface area contributed by atoms with Crippen LogP contribution in [0.25, 0.3) is 0 Å². The molecule has 0 fully saturated rings. The van der Waals surface area contributed by atoms with Crippen molar-refractivity contribution in [3.63, 3.8) is 0 Å². The van der Waals surface area contributed by atoms with Gasteiger partial charge in [0.1, 0.15) is 0 Å². The van der Waals surface area contributed by atoms with Gasteiger partial charge in [0.25, 0.3) is 0 Å². The standard InChI is InChI=1S/C18H22N2O3.ClH/c1-12-9-16(22-2)17(23-3)11-15(12)20-18(21)14(19)10-13-7-5-4-6-8-13;/h4-9,11,14H,10,19H2,1-3H3,(H,20,21);1H/t14-;/m0./s1. The van der Waals surface area contributed by atoms with E-state index >= 15 is 0 Å². The number of nitrogens with one attached hydrogen (secondary N) is 1. The van der Waals surface area contributed by atoms with Crippen molar-refractivity contribution in [3.05, 3.63) is 53.6 Å². The van der Waals surface area contributed by atoms with Crippen LogP contribution in [-0.2, 0) is 11.2 Å². The second-order valence-corrected chi connectivity index (χ2v) is 5.31. The lowest BCUT2D eigenvalue weighted by atomic mass is 10.1. The normalized spacial score (nSPS) is 11.2. The monoisotopic (exact) mass is 350 g/mol. The van der Waals surface area contributed by atoms with Crippen LogP contribution in [0.1, 0.15) is 11.1 Å². The third-order valence-electron chi connectivity index (χ3n) is 3.62. The highest BCUT2D eigenvalue weighted by Crippen LogP contribution is 2.32. The average Bonchev–Trinajstić information content (AvgIpc) is 2.57. The third-order valence-corrected chi connectivity index (χ3v) is 3.62. The Balaban J connectivity index is 0.00000288. The smallest absolute Gasteiger partial charge is 0.241 e. The Morgan fingerprint density at radius 2 is 1.71 bits per heavy atom. The van der Waals surface area contributed by atoms with Crippen molar-refractivity contribution in [3.8, 4) is 11.5 Å². The average molecular weight is 351 g/mol. The molecular formula is C18H23ClN2O3. The van der Waals surface area contributed by atoms with Crippen molar-refractivity contribution >= 4 is 24.0 Å². The number of benzene rings is 2. The zero-order chi connectivity index (χ0) is 16.8. The maximum Gasteiger partial charge on any atom is 0.241 e. The van der Waals surface area contributed by atoms with E-state index in [2.05, 4.69) is 5.32 Å². The molecule has 2 rings (SSSR count). The minimum Gasteiger partial charge on any atom is -0.493 e. The van der Waals surface area contributed by atoms with E-state index in [0.29, 0.717) is 23.6 Å². The van der Waals surface area contributed by atoms with E-state index in [9.17, 15) is 4.79 Å². The van der Waals surface area contributed by atoms with Gasteiger partial charge >= 0.3 is 0 Å². The molecule has 0 aliphatic heterocycles. The Morgan fingerprint density at radius 1 is 1.12 bits per heavy atom. The highest BCUT2D eigenvalue weighted by atomic mass is 35.5. The van der Waals surface area contributed by atoms with E-state index in [0.717, 1.165) is 11.1 Å². The molecule has 0 aliphatic carbocycles. The molecule has 24 heavy (non-hydrogen) atoms. The molecule has 2 aromatic rings. The summed E-state index contributed by atoms with van der Waals surface area (Å²) in [5, 5.41) is 2.86. The molecule has 0 aliphatic rings. The maximum absolute atomic E-state index is 12.3. The number of hydrogen-bond donors (Lipinski definition) is 2. The van der Waals surface area contributed by atoms with Crippen LogP contribution in [0, 0.1) is 6.92 Å². The topological polar surface area (TPSA) is 73.6 Å². The first-order chi connectivity index (χ1) is 11.0. The molecule has 0 radical (unpaired) electrons. The van der Waals surface area contributed by atoms with Gasteiger partial charge in [-0.05, 0) is 30.5 Å². The zero-order valence-corrected chi connectivity index (χ0v) is 14.9. The molecule has 0 unspecified atom stereocenters. The lowest BCUT2D eigenvalue weighted by Gasteiger charge is -2.16. The molecule has 6 heteroatoms. The van der Waals surface area contributed by atoms with Gasteiger partial charge in [-0.1, -0.05) is 30.3 Å². The van der Waals surface area contributed by atoms with E-state index < -0.39 is 6.04 Å². The molecule has 3 N–H and O–H groups in total. The Labute approximate surface area is 148 Å². The van der Waals surface area contributed by atoms with Crippen LogP contribution >= 0.6 is 12.4 Å². The van der Waals surface area contributed by atoms with Crippen molar-refractivity contribution in [2.75, 3.05) is 19.5 Å². The van der Waals surface area contributed by atoms with E-state index in [1.165, 1.54) is 0 Å². The lowest BCUT2D eigenvalue weighted by Crippen LogP contribution is -2.37. The quantitative estimate of drug-likeness (QED) is 0.840. The summed E-state index contributed by atoms with van der Waals surface area (Å²) >= 11 is 0. The molecule has 0 saturated carbocycles. The molecule has 1 atom stereocenters. The first-order valence-electron chi connectivity index (χ1n) is 7.38. The molecule has 0 aromatic heterocycles. The van der Waals surface area contributed by atoms with Gasteiger partial charge < -0.3 is 20.5 Å². The SMILES string of the molecule is COc1cc(C)c(NC(=O)[C@@H](N)Cc2ccccc2)cc1OC.Cl. The number of methoxy groups -OCH3 is 2. The molecular weight excluding hydrogens is 328 g/mol. The summed E-state index contributed by atoms with van der Waals surface area (Å²) in [6.07, 6.45) is 0.485. The predicted octanol–water partition coefficient (Wildman–Crippen LogP) is 2.94. The van der Waals surface area contributed by atoms with Crippen LogP contribution in [0.2, 0.25) is 0 Å². The number of ether oxygens (including phenoxy) is 2. The van der Waals surface area contributed by atoms with Crippen molar-refractivity contribution < 1.29 is 14.3 Å². The van der Waals surface area contributed by atoms with Gasteiger partial charge in [-0.25, -0.2) is 0 Å². The number of carbonyl (C=O) groups is 1. The summed E-state index contributed by atoms with van der Waals surface area (Å²) in [7, 11) is 3.13. The lowest BCUT2D eigenvalue weighted by molar-refractivity contribution is -0.117. The summed E-state index contributed by atoms with van der Waals surface area (Å²) in [6, 6.07) is 12.6. The molecule has 2 aromatic carbocycles. The fourth-order valence-electron chi connectivity index (χ4n) is 2.30. The van der Waals surface area contributed by atoms with E-state index in [1.807, 2.05) is 43.3 Å². The summed E-state index contributed by atoms with van der Waals surface area (Å²) in [5.41, 5.74) is 8.57. The molecule has 1 amide bonds. The van der Waals surface area contributed by atoms with Crippen LogP contribution in [-0.4, -0.2) is 26.2 Å². The Morgan fingerprint density at radius 3 is 2.29 bits per heavy atom. The number of rotatable bonds is 6. The van der Waals surface area contributed by atoms with Crippen molar-refractivity contribution in [2.24, 2.45) is 5.73 Å². The Bertz CT molecular complexity index is 677. The van der Waals surface area contributed by atoms with Crippen molar-refractivity contribution in [1.82, 2.24) is 0 Å². The van der Waals surface area contributed by atoms with E-state index in [4.69, 9.17) is 15.2 Å². The fourth-order valence-corrected chi connectivity index (χ4v) is 2.30. The van der Waals surface area contributed by atoms with Gasteiger partial charge in [-0.3, -0.25) is 4.79 Å². The molecule has 5 nitrogen and oxygen atoms in total. The number of anilines is 1.